The third kappa shape index (κ3) is 3.48. The number of amides is 3. The first kappa shape index (κ1) is 17.3. The van der Waals surface area contributed by atoms with Gasteiger partial charge < -0.3 is 4.90 Å². The number of benzene rings is 1. The number of fused-ring (bicyclic) bond motifs is 1. The van der Waals surface area contributed by atoms with Crippen LogP contribution in [0, 0.1) is 17.7 Å². The van der Waals surface area contributed by atoms with Gasteiger partial charge in [0.05, 0.1) is 11.8 Å². The molecule has 2 aliphatic rings. The largest absolute Gasteiger partial charge is 0.341 e. The average molecular weight is 344 g/mol. The summed E-state index contributed by atoms with van der Waals surface area (Å²) in [6, 6.07) is 6.29. The Bertz CT molecular complexity index is 705. The molecule has 1 aliphatic carbocycles. The number of rotatable bonds is 5. The highest BCUT2D eigenvalue weighted by molar-refractivity contribution is 6.05. The Morgan fingerprint density at radius 3 is 2.36 bits per heavy atom. The van der Waals surface area contributed by atoms with Crippen molar-refractivity contribution in [3.05, 3.63) is 47.8 Å². The Morgan fingerprint density at radius 1 is 1.16 bits per heavy atom. The first-order chi connectivity index (χ1) is 12.0. The summed E-state index contributed by atoms with van der Waals surface area (Å²) >= 11 is 0. The fraction of sp³-hybridized carbons (Fsp3) is 0.421. The van der Waals surface area contributed by atoms with Crippen LogP contribution >= 0.6 is 0 Å². The third-order valence-corrected chi connectivity index (χ3v) is 4.94. The molecule has 0 bridgehead atoms. The molecule has 5 nitrogen and oxygen atoms in total. The highest BCUT2D eigenvalue weighted by Crippen LogP contribution is 2.35. The van der Waals surface area contributed by atoms with Gasteiger partial charge in [-0.25, -0.2) is 4.39 Å². The van der Waals surface area contributed by atoms with E-state index in [1.807, 2.05) is 12.2 Å². The monoisotopic (exact) mass is 344 g/mol. The molecule has 2 atom stereocenters. The normalized spacial score (nSPS) is 22.2. The smallest absolute Gasteiger partial charge is 0.233 e. The number of allylic oxidation sites excluding steroid dienone is 2. The molecule has 132 valence electrons. The van der Waals surface area contributed by atoms with E-state index in [-0.39, 0.29) is 54.9 Å². The molecular weight excluding hydrogens is 323 g/mol. The summed E-state index contributed by atoms with van der Waals surface area (Å²) in [5.74, 6) is -1.49. The van der Waals surface area contributed by atoms with Crippen LogP contribution in [0.3, 0.4) is 0 Å². The van der Waals surface area contributed by atoms with Crippen LogP contribution in [-0.2, 0) is 20.9 Å². The van der Waals surface area contributed by atoms with Crippen molar-refractivity contribution in [2.45, 2.75) is 25.8 Å². The van der Waals surface area contributed by atoms with Crippen LogP contribution in [0.4, 0.5) is 4.39 Å². The lowest BCUT2D eigenvalue weighted by Gasteiger charge is -2.20. The molecule has 6 heteroatoms. The van der Waals surface area contributed by atoms with Crippen molar-refractivity contribution in [3.63, 3.8) is 0 Å². The van der Waals surface area contributed by atoms with Gasteiger partial charge in [0.15, 0.2) is 0 Å². The molecule has 0 unspecified atom stereocenters. The predicted octanol–water partition coefficient (Wildman–Crippen LogP) is 2.13. The van der Waals surface area contributed by atoms with Crippen molar-refractivity contribution in [2.24, 2.45) is 11.8 Å². The van der Waals surface area contributed by atoms with E-state index < -0.39 is 0 Å². The Balaban J connectivity index is 1.56. The van der Waals surface area contributed by atoms with Crippen molar-refractivity contribution in [1.82, 2.24) is 9.80 Å². The maximum Gasteiger partial charge on any atom is 0.233 e. The van der Waals surface area contributed by atoms with Crippen LogP contribution in [0.5, 0.6) is 0 Å². The fourth-order valence-corrected chi connectivity index (χ4v) is 3.46. The number of nitrogens with zero attached hydrogens (tertiary/aromatic N) is 2. The van der Waals surface area contributed by atoms with Crippen LogP contribution in [0.25, 0.3) is 0 Å². The summed E-state index contributed by atoms with van der Waals surface area (Å²) in [5, 5.41) is 0. The number of likely N-dealkylation sites (tertiary alicyclic amines) is 1. The van der Waals surface area contributed by atoms with Gasteiger partial charge in [-0.3, -0.25) is 19.3 Å². The first-order valence-electron chi connectivity index (χ1n) is 8.46. The second kappa shape index (κ2) is 7.17. The number of hydrogen-bond acceptors (Lipinski definition) is 3. The van der Waals surface area contributed by atoms with Gasteiger partial charge in [0, 0.05) is 32.1 Å². The van der Waals surface area contributed by atoms with Gasteiger partial charge in [-0.2, -0.15) is 0 Å². The standard InChI is InChI=1S/C19H21FN2O3/c1-21(12-13-6-2-5-9-16(13)20)17(23)10-11-22-18(24)14-7-3-4-8-15(14)19(22)25/h2-6,9,14-15H,7-8,10-12H2,1H3/t14-,15-/m1/s1. The Morgan fingerprint density at radius 2 is 1.76 bits per heavy atom. The van der Waals surface area contributed by atoms with Crippen molar-refractivity contribution in [2.75, 3.05) is 13.6 Å². The molecule has 3 amide bonds. The van der Waals surface area contributed by atoms with E-state index in [1.54, 1.807) is 25.2 Å². The van der Waals surface area contributed by atoms with Crippen molar-refractivity contribution in [1.29, 1.82) is 0 Å². The summed E-state index contributed by atoms with van der Waals surface area (Å²) in [4.78, 5) is 39.6. The van der Waals surface area contributed by atoms with Gasteiger partial charge in [0.2, 0.25) is 17.7 Å². The molecule has 3 rings (SSSR count). The topological polar surface area (TPSA) is 57.7 Å². The van der Waals surface area contributed by atoms with Crippen molar-refractivity contribution >= 4 is 17.7 Å². The molecule has 1 aromatic carbocycles. The molecular formula is C19H21FN2O3. The number of carbonyl (C=O) groups excluding carboxylic acids is 3. The van der Waals surface area contributed by atoms with Crippen LogP contribution < -0.4 is 0 Å². The summed E-state index contributed by atoms with van der Waals surface area (Å²) in [7, 11) is 1.59. The quantitative estimate of drug-likeness (QED) is 0.607. The molecule has 1 aliphatic heterocycles. The second-order valence-electron chi connectivity index (χ2n) is 6.58. The molecule has 1 fully saturated rings. The SMILES string of the molecule is CN(Cc1ccccc1F)C(=O)CCN1C(=O)[C@@H]2CC=CC[C@H]2C1=O. The minimum Gasteiger partial charge on any atom is -0.341 e. The van der Waals surface area contributed by atoms with E-state index in [1.165, 1.54) is 15.9 Å². The maximum absolute atomic E-state index is 13.7. The zero-order valence-electron chi connectivity index (χ0n) is 14.2. The Labute approximate surface area is 146 Å². The number of imide groups is 1. The average Bonchev–Trinajstić information content (AvgIpc) is 2.86. The van der Waals surface area contributed by atoms with Gasteiger partial charge in [-0.1, -0.05) is 30.4 Å². The van der Waals surface area contributed by atoms with Gasteiger partial charge in [0.25, 0.3) is 0 Å². The van der Waals surface area contributed by atoms with Gasteiger partial charge in [-0.15, -0.1) is 0 Å². The van der Waals surface area contributed by atoms with E-state index in [0.29, 0.717) is 18.4 Å². The zero-order chi connectivity index (χ0) is 18.0. The highest BCUT2D eigenvalue weighted by atomic mass is 19.1. The summed E-state index contributed by atoms with van der Waals surface area (Å²) in [6.07, 6.45) is 5.10. The molecule has 0 radical (unpaired) electrons. The van der Waals surface area contributed by atoms with E-state index in [0.717, 1.165) is 0 Å². The molecule has 0 aromatic heterocycles. The summed E-state index contributed by atoms with van der Waals surface area (Å²) in [6.45, 7) is 0.244. The molecule has 0 spiro atoms. The van der Waals surface area contributed by atoms with Crippen molar-refractivity contribution < 1.29 is 18.8 Å². The molecule has 1 saturated heterocycles. The second-order valence-corrected chi connectivity index (χ2v) is 6.58. The molecule has 0 saturated carbocycles. The Kier molecular flexibility index (Phi) is 4.97. The lowest BCUT2D eigenvalue weighted by molar-refractivity contribution is -0.140. The van der Waals surface area contributed by atoms with Crippen LogP contribution in [0.1, 0.15) is 24.8 Å². The van der Waals surface area contributed by atoms with E-state index in [2.05, 4.69) is 0 Å². The van der Waals surface area contributed by atoms with Crippen LogP contribution in [0.2, 0.25) is 0 Å². The number of halogens is 1. The maximum atomic E-state index is 13.7. The van der Waals surface area contributed by atoms with Crippen LogP contribution in [0.15, 0.2) is 36.4 Å². The fourth-order valence-electron chi connectivity index (χ4n) is 3.46. The molecule has 1 heterocycles. The predicted molar refractivity (Wildman–Crippen MR) is 89.6 cm³/mol. The molecule has 0 N–H and O–H groups in total. The van der Waals surface area contributed by atoms with Gasteiger partial charge in [-0.05, 0) is 18.9 Å². The lowest BCUT2D eigenvalue weighted by atomic mass is 9.85. The van der Waals surface area contributed by atoms with E-state index in [9.17, 15) is 18.8 Å². The van der Waals surface area contributed by atoms with Gasteiger partial charge in [0.1, 0.15) is 5.82 Å². The van der Waals surface area contributed by atoms with Gasteiger partial charge >= 0.3 is 0 Å². The van der Waals surface area contributed by atoms with Crippen LogP contribution in [-0.4, -0.2) is 41.1 Å². The molecule has 1 aromatic rings. The van der Waals surface area contributed by atoms with Crippen molar-refractivity contribution in [3.8, 4) is 0 Å². The first-order valence-corrected chi connectivity index (χ1v) is 8.46. The number of hydrogen-bond donors (Lipinski definition) is 0. The Hall–Kier alpha value is -2.50. The highest BCUT2D eigenvalue weighted by Gasteiger charge is 2.46. The minimum atomic E-state index is -0.358. The summed E-state index contributed by atoms with van der Waals surface area (Å²) in [5.41, 5.74) is 0.434. The lowest BCUT2D eigenvalue weighted by Crippen LogP contribution is -2.36. The zero-order valence-corrected chi connectivity index (χ0v) is 14.2. The third-order valence-electron chi connectivity index (χ3n) is 4.94. The minimum absolute atomic E-state index is 0.0509. The van der Waals surface area contributed by atoms with E-state index in [4.69, 9.17) is 0 Å². The summed E-state index contributed by atoms with van der Waals surface area (Å²) < 4.78 is 13.7. The molecule has 25 heavy (non-hydrogen) atoms. The van der Waals surface area contributed by atoms with E-state index >= 15 is 0 Å². The number of carbonyl (C=O) groups is 3.